The fourth-order valence-corrected chi connectivity index (χ4v) is 1.81. The highest BCUT2D eigenvalue weighted by Crippen LogP contribution is 2.11. The second kappa shape index (κ2) is 7.14. The second-order valence-electron chi connectivity index (χ2n) is 4.40. The minimum atomic E-state index is -0.854. The van der Waals surface area contributed by atoms with E-state index in [4.69, 9.17) is 11.6 Å². The summed E-state index contributed by atoms with van der Waals surface area (Å²) in [4.78, 5) is 22.8. The first-order valence-electron chi connectivity index (χ1n) is 5.98. The number of rotatable bonds is 5. The van der Waals surface area contributed by atoms with E-state index in [1.54, 1.807) is 0 Å². The summed E-state index contributed by atoms with van der Waals surface area (Å²) < 4.78 is 4.48. The molecule has 1 N–H and O–H groups in total. The minimum absolute atomic E-state index is 0.0674. The number of aryl methyl sites for hydroxylation is 2. The Morgan fingerprint density at radius 3 is 2.68 bits per heavy atom. The van der Waals surface area contributed by atoms with Crippen LogP contribution in [0.4, 0.5) is 0 Å². The molecule has 4 nitrogen and oxygen atoms in total. The standard InChI is InChI=1S/C14H18ClNO3/c1-9-4-5-10(2)11(6-9)7-13(17)16-8-12(15)14(18)19-3/h4-6,12H,7-8H2,1-3H3,(H,16,17). The van der Waals surface area contributed by atoms with Gasteiger partial charge in [-0.15, -0.1) is 11.6 Å². The normalized spacial score (nSPS) is 11.8. The molecule has 1 amide bonds. The SMILES string of the molecule is COC(=O)C(Cl)CNC(=O)Cc1cc(C)ccc1C. The Labute approximate surface area is 118 Å². The predicted octanol–water partition coefficient (Wildman–Crippen LogP) is 1.74. The van der Waals surface area contributed by atoms with Gasteiger partial charge in [0.25, 0.3) is 0 Å². The van der Waals surface area contributed by atoms with Crippen LogP contribution in [0.3, 0.4) is 0 Å². The fraction of sp³-hybridized carbons (Fsp3) is 0.429. The molecule has 0 saturated carbocycles. The van der Waals surface area contributed by atoms with Crippen LogP contribution in [-0.4, -0.2) is 30.9 Å². The van der Waals surface area contributed by atoms with Crippen molar-refractivity contribution in [3.8, 4) is 0 Å². The van der Waals surface area contributed by atoms with Gasteiger partial charge in [0.1, 0.15) is 5.38 Å². The third-order valence-corrected chi connectivity index (χ3v) is 3.12. The molecule has 0 saturated heterocycles. The van der Waals surface area contributed by atoms with Gasteiger partial charge in [-0.1, -0.05) is 23.8 Å². The first-order valence-corrected chi connectivity index (χ1v) is 6.42. The number of hydrogen-bond acceptors (Lipinski definition) is 3. The van der Waals surface area contributed by atoms with Crippen molar-refractivity contribution in [3.05, 3.63) is 34.9 Å². The number of hydrogen-bond donors (Lipinski definition) is 1. The largest absolute Gasteiger partial charge is 0.468 e. The molecule has 0 spiro atoms. The minimum Gasteiger partial charge on any atom is -0.468 e. The number of esters is 1. The van der Waals surface area contributed by atoms with Crippen molar-refractivity contribution in [2.45, 2.75) is 25.6 Å². The number of carbonyl (C=O) groups excluding carboxylic acids is 2. The molecule has 0 bridgehead atoms. The van der Waals surface area contributed by atoms with Crippen molar-refractivity contribution in [1.82, 2.24) is 5.32 Å². The van der Waals surface area contributed by atoms with Gasteiger partial charge < -0.3 is 10.1 Å². The number of halogens is 1. The molecule has 0 fully saturated rings. The number of carbonyl (C=O) groups is 2. The van der Waals surface area contributed by atoms with Crippen LogP contribution in [0, 0.1) is 13.8 Å². The molecule has 0 radical (unpaired) electrons. The lowest BCUT2D eigenvalue weighted by Gasteiger charge is -2.10. The number of alkyl halides is 1. The smallest absolute Gasteiger partial charge is 0.325 e. The molecule has 19 heavy (non-hydrogen) atoms. The van der Waals surface area contributed by atoms with Crippen molar-refractivity contribution in [1.29, 1.82) is 0 Å². The fourth-order valence-electron chi connectivity index (χ4n) is 1.64. The van der Waals surface area contributed by atoms with Crippen LogP contribution in [0.15, 0.2) is 18.2 Å². The maximum absolute atomic E-state index is 11.8. The Kier molecular flexibility index (Phi) is 5.83. The van der Waals surface area contributed by atoms with E-state index in [2.05, 4.69) is 10.1 Å². The first kappa shape index (κ1) is 15.5. The first-order chi connectivity index (χ1) is 8.93. The predicted molar refractivity (Wildman–Crippen MR) is 74.3 cm³/mol. The molecule has 0 heterocycles. The molecule has 104 valence electrons. The zero-order valence-electron chi connectivity index (χ0n) is 11.3. The van der Waals surface area contributed by atoms with Crippen LogP contribution in [0.5, 0.6) is 0 Å². The van der Waals surface area contributed by atoms with Crippen LogP contribution in [0.1, 0.15) is 16.7 Å². The summed E-state index contributed by atoms with van der Waals surface area (Å²) in [5, 5.41) is 1.77. The number of methoxy groups -OCH3 is 1. The van der Waals surface area contributed by atoms with Crippen molar-refractivity contribution in [3.63, 3.8) is 0 Å². The third-order valence-electron chi connectivity index (χ3n) is 2.79. The Bertz CT molecular complexity index is 474. The van der Waals surface area contributed by atoms with E-state index in [0.717, 1.165) is 16.7 Å². The number of nitrogens with one attached hydrogen (secondary N) is 1. The zero-order valence-corrected chi connectivity index (χ0v) is 12.1. The van der Waals surface area contributed by atoms with Crippen molar-refractivity contribution in [2.24, 2.45) is 0 Å². The maximum atomic E-state index is 11.8. The highest BCUT2D eigenvalue weighted by Gasteiger charge is 2.16. The lowest BCUT2D eigenvalue weighted by molar-refractivity contribution is -0.140. The van der Waals surface area contributed by atoms with Crippen LogP contribution < -0.4 is 5.32 Å². The van der Waals surface area contributed by atoms with E-state index in [-0.39, 0.29) is 18.9 Å². The summed E-state index contributed by atoms with van der Waals surface area (Å²) in [6, 6.07) is 5.97. The maximum Gasteiger partial charge on any atom is 0.325 e. The van der Waals surface area contributed by atoms with Crippen LogP contribution in [0.25, 0.3) is 0 Å². The molecule has 0 aliphatic heterocycles. The summed E-state index contributed by atoms with van der Waals surface area (Å²) in [5.74, 6) is -0.711. The van der Waals surface area contributed by atoms with Gasteiger partial charge in [-0.2, -0.15) is 0 Å². The summed E-state index contributed by atoms with van der Waals surface area (Å²) in [7, 11) is 1.26. The topological polar surface area (TPSA) is 55.4 Å². The molecule has 1 rings (SSSR count). The van der Waals surface area contributed by atoms with Crippen LogP contribution in [-0.2, 0) is 20.7 Å². The molecule has 0 aliphatic carbocycles. The van der Waals surface area contributed by atoms with Crippen molar-refractivity contribution >= 4 is 23.5 Å². The van der Waals surface area contributed by atoms with Crippen molar-refractivity contribution < 1.29 is 14.3 Å². The van der Waals surface area contributed by atoms with Gasteiger partial charge in [-0.25, -0.2) is 0 Å². The summed E-state index contributed by atoms with van der Waals surface area (Å²) >= 11 is 5.75. The molecule has 5 heteroatoms. The molecule has 1 aromatic carbocycles. The van der Waals surface area contributed by atoms with Gasteiger partial charge in [0.05, 0.1) is 13.5 Å². The summed E-state index contributed by atoms with van der Waals surface area (Å²) in [6.07, 6.45) is 0.276. The highest BCUT2D eigenvalue weighted by atomic mass is 35.5. The van der Waals surface area contributed by atoms with Crippen LogP contribution >= 0.6 is 11.6 Å². The highest BCUT2D eigenvalue weighted by molar-refractivity contribution is 6.30. The quantitative estimate of drug-likeness (QED) is 0.661. The zero-order chi connectivity index (χ0) is 14.4. The Morgan fingerprint density at radius 2 is 2.05 bits per heavy atom. The molecule has 0 aromatic heterocycles. The summed E-state index contributed by atoms with van der Waals surface area (Å²) in [6.45, 7) is 4.01. The third kappa shape index (κ3) is 4.91. The van der Waals surface area contributed by atoms with E-state index in [0.29, 0.717) is 0 Å². The van der Waals surface area contributed by atoms with E-state index in [1.165, 1.54) is 7.11 Å². The summed E-state index contributed by atoms with van der Waals surface area (Å²) in [5.41, 5.74) is 3.15. The lowest BCUT2D eigenvalue weighted by atomic mass is 10.0. The van der Waals surface area contributed by atoms with Crippen LogP contribution in [0.2, 0.25) is 0 Å². The van der Waals surface area contributed by atoms with Gasteiger partial charge in [0.15, 0.2) is 0 Å². The number of amides is 1. The molecule has 1 unspecified atom stereocenters. The number of benzene rings is 1. The molecular weight excluding hydrogens is 266 g/mol. The van der Waals surface area contributed by atoms with Gasteiger partial charge in [0, 0.05) is 6.54 Å². The Balaban J connectivity index is 2.52. The van der Waals surface area contributed by atoms with Gasteiger partial charge in [0.2, 0.25) is 5.91 Å². The average molecular weight is 284 g/mol. The van der Waals surface area contributed by atoms with E-state index in [1.807, 2.05) is 32.0 Å². The van der Waals surface area contributed by atoms with E-state index in [9.17, 15) is 9.59 Å². The number of ether oxygens (including phenoxy) is 1. The lowest BCUT2D eigenvalue weighted by Crippen LogP contribution is -2.35. The van der Waals surface area contributed by atoms with Crippen molar-refractivity contribution in [2.75, 3.05) is 13.7 Å². The van der Waals surface area contributed by atoms with E-state index >= 15 is 0 Å². The van der Waals surface area contributed by atoms with Gasteiger partial charge >= 0.3 is 5.97 Å². The monoisotopic (exact) mass is 283 g/mol. The Hall–Kier alpha value is -1.55. The van der Waals surface area contributed by atoms with E-state index < -0.39 is 11.3 Å². The molecule has 1 aromatic rings. The molecular formula is C14H18ClNO3. The average Bonchev–Trinajstić information content (AvgIpc) is 2.39. The Morgan fingerprint density at radius 1 is 1.37 bits per heavy atom. The molecule has 1 atom stereocenters. The van der Waals surface area contributed by atoms with Gasteiger partial charge in [-0.05, 0) is 25.0 Å². The molecule has 0 aliphatic rings. The second-order valence-corrected chi connectivity index (χ2v) is 4.93. The van der Waals surface area contributed by atoms with Gasteiger partial charge in [-0.3, -0.25) is 9.59 Å².